The molecule has 0 aliphatic carbocycles. The standard InChI is InChI=1S/C23H33N3O2S.HI/c1-4-28-20-9-7-19(8-10-20)23(12-15-27-16-13-23)18-25-22(24-2)26(3)14-11-21-6-5-17-29-21;/h5-10,17H,4,11-16,18H2,1-3H3,(H,24,25);1H. The van der Waals surface area contributed by atoms with Gasteiger partial charge >= 0.3 is 0 Å². The minimum Gasteiger partial charge on any atom is -0.494 e. The van der Waals surface area contributed by atoms with Crippen LogP contribution in [0.5, 0.6) is 5.75 Å². The molecule has 1 aromatic carbocycles. The maximum Gasteiger partial charge on any atom is 0.193 e. The molecule has 30 heavy (non-hydrogen) atoms. The molecule has 0 bridgehead atoms. The number of hydrogen-bond acceptors (Lipinski definition) is 4. The molecule has 1 aliphatic heterocycles. The Morgan fingerprint density at radius 3 is 2.57 bits per heavy atom. The zero-order valence-corrected chi connectivity index (χ0v) is 21.4. The maximum atomic E-state index is 5.68. The molecular formula is C23H34IN3O2S. The van der Waals surface area contributed by atoms with Gasteiger partial charge in [0.05, 0.1) is 6.61 Å². The van der Waals surface area contributed by atoms with E-state index in [1.807, 2.05) is 25.3 Å². The SMILES string of the molecule is CCOc1ccc(C2(CNC(=NC)N(C)CCc3cccs3)CCOCC2)cc1.I. The largest absolute Gasteiger partial charge is 0.494 e. The monoisotopic (exact) mass is 543 g/mol. The molecule has 7 heteroatoms. The van der Waals surface area contributed by atoms with Gasteiger partial charge in [0.1, 0.15) is 5.75 Å². The molecule has 0 spiro atoms. The van der Waals surface area contributed by atoms with Crippen molar-refractivity contribution in [1.82, 2.24) is 10.2 Å². The van der Waals surface area contributed by atoms with E-state index >= 15 is 0 Å². The molecular weight excluding hydrogens is 509 g/mol. The molecule has 0 radical (unpaired) electrons. The topological polar surface area (TPSA) is 46.1 Å². The van der Waals surface area contributed by atoms with Crippen molar-refractivity contribution in [2.45, 2.75) is 31.6 Å². The van der Waals surface area contributed by atoms with Crippen LogP contribution in [0.25, 0.3) is 0 Å². The Labute approximate surface area is 201 Å². The van der Waals surface area contributed by atoms with Gasteiger partial charge in [-0.15, -0.1) is 35.3 Å². The second-order valence-corrected chi connectivity index (χ2v) is 8.53. The molecule has 1 aromatic heterocycles. The minimum absolute atomic E-state index is 0. The molecule has 3 rings (SSSR count). The first kappa shape index (κ1) is 24.9. The van der Waals surface area contributed by atoms with Crippen LogP contribution in [0.2, 0.25) is 0 Å². The summed E-state index contributed by atoms with van der Waals surface area (Å²) in [4.78, 5) is 8.14. The van der Waals surface area contributed by atoms with E-state index in [-0.39, 0.29) is 29.4 Å². The number of hydrogen-bond donors (Lipinski definition) is 1. The van der Waals surface area contributed by atoms with Crippen LogP contribution in [-0.2, 0) is 16.6 Å². The molecule has 2 aromatic rings. The molecule has 1 N–H and O–H groups in total. The van der Waals surface area contributed by atoms with E-state index in [1.165, 1.54) is 10.4 Å². The van der Waals surface area contributed by atoms with Crippen LogP contribution in [-0.4, -0.2) is 57.9 Å². The predicted molar refractivity (Wildman–Crippen MR) is 137 cm³/mol. The lowest BCUT2D eigenvalue weighted by molar-refractivity contribution is 0.0512. The Kier molecular flexibility index (Phi) is 10.4. The molecule has 2 heterocycles. The van der Waals surface area contributed by atoms with Crippen molar-refractivity contribution in [3.8, 4) is 5.75 Å². The molecule has 0 atom stereocenters. The molecule has 0 unspecified atom stereocenters. The highest BCUT2D eigenvalue weighted by Crippen LogP contribution is 2.35. The Bertz CT molecular complexity index is 759. The fourth-order valence-corrected chi connectivity index (χ4v) is 4.57. The summed E-state index contributed by atoms with van der Waals surface area (Å²) in [7, 11) is 3.97. The first-order valence-corrected chi connectivity index (χ1v) is 11.3. The average molecular weight is 544 g/mol. The van der Waals surface area contributed by atoms with E-state index in [4.69, 9.17) is 9.47 Å². The van der Waals surface area contributed by atoms with Crippen LogP contribution in [0, 0.1) is 0 Å². The van der Waals surface area contributed by atoms with Crippen molar-refractivity contribution in [1.29, 1.82) is 0 Å². The normalized spacial score (nSPS) is 15.9. The van der Waals surface area contributed by atoms with Crippen molar-refractivity contribution in [3.05, 3.63) is 52.2 Å². The lowest BCUT2D eigenvalue weighted by Crippen LogP contribution is -2.48. The summed E-state index contributed by atoms with van der Waals surface area (Å²) in [5, 5.41) is 5.77. The highest BCUT2D eigenvalue weighted by atomic mass is 127. The van der Waals surface area contributed by atoms with E-state index in [1.54, 1.807) is 0 Å². The van der Waals surface area contributed by atoms with Crippen molar-refractivity contribution >= 4 is 41.3 Å². The number of ether oxygens (including phenoxy) is 2. The van der Waals surface area contributed by atoms with Gasteiger partial charge in [-0.1, -0.05) is 18.2 Å². The summed E-state index contributed by atoms with van der Waals surface area (Å²) in [6, 6.07) is 12.9. The quantitative estimate of drug-likeness (QED) is 0.301. The van der Waals surface area contributed by atoms with Gasteiger partial charge in [0, 0.05) is 50.7 Å². The summed E-state index contributed by atoms with van der Waals surface area (Å²) in [5.41, 5.74) is 1.39. The number of likely N-dealkylation sites (N-methyl/N-ethyl adjacent to an activating group) is 1. The number of rotatable bonds is 8. The highest BCUT2D eigenvalue weighted by Gasteiger charge is 2.35. The van der Waals surface area contributed by atoms with Crippen molar-refractivity contribution in [2.75, 3.05) is 47.0 Å². The van der Waals surface area contributed by atoms with Gasteiger partial charge in [-0.2, -0.15) is 0 Å². The van der Waals surface area contributed by atoms with Crippen molar-refractivity contribution in [3.63, 3.8) is 0 Å². The summed E-state index contributed by atoms with van der Waals surface area (Å²) in [5.74, 6) is 1.87. The Hall–Kier alpha value is -1.32. The first-order valence-electron chi connectivity index (χ1n) is 10.4. The number of aliphatic imine (C=N–C) groups is 1. The predicted octanol–water partition coefficient (Wildman–Crippen LogP) is 4.56. The van der Waals surface area contributed by atoms with Gasteiger partial charge in [0.25, 0.3) is 0 Å². The number of nitrogens with zero attached hydrogens (tertiary/aromatic N) is 2. The fraction of sp³-hybridized carbons (Fsp3) is 0.522. The summed E-state index contributed by atoms with van der Waals surface area (Å²) in [6.07, 6.45) is 3.04. The van der Waals surface area contributed by atoms with Crippen LogP contribution in [0.4, 0.5) is 0 Å². The van der Waals surface area contributed by atoms with Crippen LogP contribution in [0.3, 0.4) is 0 Å². The van der Waals surface area contributed by atoms with E-state index in [0.717, 1.165) is 57.3 Å². The van der Waals surface area contributed by atoms with E-state index in [2.05, 4.69) is 64.0 Å². The number of guanidine groups is 1. The molecule has 1 saturated heterocycles. The van der Waals surface area contributed by atoms with Crippen LogP contribution < -0.4 is 10.1 Å². The van der Waals surface area contributed by atoms with E-state index < -0.39 is 0 Å². The van der Waals surface area contributed by atoms with Gasteiger partial charge in [-0.05, 0) is 55.3 Å². The Morgan fingerprint density at radius 2 is 1.97 bits per heavy atom. The zero-order chi connectivity index (χ0) is 20.5. The molecule has 0 amide bonds. The van der Waals surface area contributed by atoms with Gasteiger partial charge in [0.2, 0.25) is 0 Å². The van der Waals surface area contributed by atoms with E-state index in [0.29, 0.717) is 6.61 Å². The third kappa shape index (κ3) is 6.59. The fourth-order valence-electron chi connectivity index (χ4n) is 3.87. The number of benzene rings is 1. The minimum atomic E-state index is 0. The number of thiophene rings is 1. The zero-order valence-electron chi connectivity index (χ0n) is 18.2. The lowest BCUT2D eigenvalue weighted by atomic mass is 9.74. The Balaban J connectivity index is 0.00000320. The highest BCUT2D eigenvalue weighted by molar-refractivity contribution is 14.0. The van der Waals surface area contributed by atoms with Crippen LogP contribution in [0.1, 0.15) is 30.2 Å². The first-order chi connectivity index (χ1) is 14.2. The average Bonchev–Trinajstić information content (AvgIpc) is 3.28. The number of halogens is 1. The van der Waals surface area contributed by atoms with Gasteiger partial charge < -0.3 is 19.7 Å². The molecule has 166 valence electrons. The summed E-state index contributed by atoms with van der Waals surface area (Å²) in [6.45, 7) is 6.08. The maximum absolute atomic E-state index is 5.68. The summed E-state index contributed by atoms with van der Waals surface area (Å²) < 4.78 is 11.3. The van der Waals surface area contributed by atoms with Crippen LogP contribution in [0.15, 0.2) is 46.8 Å². The molecule has 1 fully saturated rings. The van der Waals surface area contributed by atoms with Gasteiger partial charge in [-0.3, -0.25) is 4.99 Å². The van der Waals surface area contributed by atoms with Gasteiger partial charge in [-0.25, -0.2) is 0 Å². The third-order valence-electron chi connectivity index (χ3n) is 5.66. The summed E-state index contributed by atoms with van der Waals surface area (Å²) >= 11 is 1.81. The third-order valence-corrected chi connectivity index (χ3v) is 6.60. The molecule has 0 saturated carbocycles. The second kappa shape index (κ2) is 12.5. The van der Waals surface area contributed by atoms with Crippen molar-refractivity contribution < 1.29 is 9.47 Å². The van der Waals surface area contributed by atoms with E-state index in [9.17, 15) is 0 Å². The molecule has 1 aliphatic rings. The molecule has 5 nitrogen and oxygen atoms in total. The Morgan fingerprint density at radius 1 is 1.23 bits per heavy atom. The smallest absolute Gasteiger partial charge is 0.193 e. The van der Waals surface area contributed by atoms with Gasteiger partial charge in [0.15, 0.2) is 5.96 Å². The van der Waals surface area contributed by atoms with Crippen LogP contribution >= 0.6 is 35.3 Å². The van der Waals surface area contributed by atoms with Crippen molar-refractivity contribution in [2.24, 2.45) is 4.99 Å². The lowest BCUT2D eigenvalue weighted by Gasteiger charge is -2.39. The second-order valence-electron chi connectivity index (χ2n) is 7.50. The number of nitrogens with one attached hydrogen (secondary N) is 1.